The van der Waals surface area contributed by atoms with Crippen LogP contribution in [0.4, 0.5) is 0 Å². The van der Waals surface area contributed by atoms with E-state index in [0.29, 0.717) is 11.3 Å². The van der Waals surface area contributed by atoms with Gasteiger partial charge < -0.3 is 10.6 Å². The number of rotatable bonds is 5. The summed E-state index contributed by atoms with van der Waals surface area (Å²) in [6.07, 6.45) is 7.10. The lowest BCUT2D eigenvalue weighted by Crippen LogP contribution is -2.47. The minimum atomic E-state index is -0.661. The fourth-order valence-electron chi connectivity index (χ4n) is 3.33. The average molecular weight is 473 g/mol. The zero-order chi connectivity index (χ0) is 15.8. The van der Waals surface area contributed by atoms with Crippen molar-refractivity contribution in [3.63, 3.8) is 0 Å². The van der Waals surface area contributed by atoms with E-state index < -0.39 is 10.8 Å². The number of nitrogens with zero attached hydrogens (tertiary/aromatic N) is 1. The third-order valence-corrected chi connectivity index (χ3v) is 7.54. The van der Waals surface area contributed by atoms with Gasteiger partial charge in [0.1, 0.15) is 0 Å². The molecule has 0 spiro atoms. The van der Waals surface area contributed by atoms with Crippen LogP contribution in [0.1, 0.15) is 45.4 Å². The first-order valence-electron chi connectivity index (χ1n) is 8.65. The summed E-state index contributed by atoms with van der Waals surface area (Å²) in [5.74, 6) is 5.08. The van der Waals surface area contributed by atoms with Gasteiger partial charge in [-0.3, -0.25) is 9.20 Å². The minimum Gasteiger partial charge on any atom is -0.356 e. The van der Waals surface area contributed by atoms with Crippen LogP contribution in [-0.4, -0.2) is 52.3 Å². The van der Waals surface area contributed by atoms with E-state index in [-0.39, 0.29) is 24.0 Å². The average Bonchev–Trinajstić information content (AvgIpc) is 2.59. The van der Waals surface area contributed by atoms with Crippen molar-refractivity contribution in [2.24, 2.45) is 10.9 Å². The van der Waals surface area contributed by atoms with Gasteiger partial charge in [-0.2, -0.15) is 11.8 Å². The highest BCUT2D eigenvalue weighted by atomic mass is 127. The third-order valence-electron chi connectivity index (χ3n) is 4.75. The molecule has 23 heavy (non-hydrogen) atoms. The van der Waals surface area contributed by atoms with Crippen LogP contribution in [0.5, 0.6) is 0 Å². The number of nitrogens with one attached hydrogen (secondary N) is 2. The fourth-order valence-corrected chi connectivity index (χ4v) is 5.88. The van der Waals surface area contributed by atoms with Crippen molar-refractivity contribution in [1.82, 2.24) is 10.6 Å². The molecule has 0 aromatic rings. The summed E-state index contributed by atoms with van der Waals surface area (Å²) in [4.78, 5) is 4.37. The molecule has 1 aliphatic heterocycles. The zero-order valence-corrected chi connectivity index (χ0v) is 18.3. The summed E-state index contributed by atoms with van der Waals surface area (Å²) in [7, 11) is 1.18. The van der Waals surface area contributed by atoms with Crippen LogP contribution in [0.3, 0.4) is 0 Å². The van der Waals surface area contributed by atoms with Gasteiger partial charge in [0.05, 0.1) is 0 Å². The molecule has 1 saturated carbocycles. The molecule has 1 aliphatic carbocycles. The molecule has 0 aromatic heterocycles. The molecule has 3 atom stereocenters. The van der Waals surface area contributed by atoms with Crippen molar-refractivity contribution in [3.05, 3.63) is 0 Å². The molecular formula is C16H32IN3OS2. The lowest BCUT2D eigenvalue weighted by molar-refractivity contribution is 0.410. The van der Waals surface area contributed by atoms with E-state index in [1.54, 1.807) is 0 Å². The molecule has 7 heteroatoms. The molecule has 2 fully saturated rings. The van der Waals surface area contributed by atoms with Gasteiger partial charge in [-0.15, -0.1) is 24.0 Å². The molecule has 4 nitrogen and oxygen atoms in total. The second-order valence-electron chi connectivity index (χ2n) is 6.31. The summed E-state index contributed by atoms with van der Waals surface area (Å²) in [6, 6.07) is 0.419. The van der Waals surface area contributed by atoms with E-state index in [0.717, 1.165) is 43.4 Å². The first-order chi connectivity index (χ1) is 10.7. The molecule has 2 aliphatic rings. The number of aliphatic imine (C=N–C) groups is 1. The maximum absolute atomic E-state index is 12.0. The largest absolute Gasteiger partial charge is 0.356 e. The normalized spacial score (nSPS) is 27.8. The fraction of sp³-hybridized carbons (Fsp3) is 0.938. The van der Waals surface area contributed by atoms with Crippen molar-refractivity contribution in [1.29, 1.82) is 0 Å². The second kappa shape index (κ2) is 12.0. The number of guanidine groups is 1. The smallest absolute Gasteiger partial charge is 0.191 e. The van der Waals surface area contributed by atoms with E-state index in [1.165, 1.54) is 30.8 Å². The van der Waals surface area contributed by atoms with Crippen LogP contribution in [-0.2, 0) is 10.8 Å². The van der Waals surface area contributed by atoms with Gasteiger partial charge in [0, 0.05) is 41.4 Å². The van der Waals surface area contributed by atoms with Gasteiger partial charge in [0.2, 0.25) is 0 Å². The van der Waals surface area contributed by atoms with E-state index in [9.17, 15) is 4.21 Å². The Morgan fingerprint density at radius 2 is 2.00 bits per heavy atom. The van der Waals surface area contributed by atoms with Gasteiger partial charge >= 0.3 is 0 Å². The molecule has 3 unspecified atom stereocenters. The molecule has 0 amide bonds. The van der Waals surface area contributed by atoms with Crippen LogP contribution in [0.15, 0.2) is 4.99 Å². The number of hydrogen-bond donors (Lipinski definition) is 2. The molecular weight excluding hydrogens is 441 g/mol. The second-order valence-corrected chi connectivity index (χ2v) is 9.54. The van der Waals surface area contributed by atoms with Crippen molar-refractivity contribution < 1.29 is 4.21 Å². The predicted molar refractivity (Wildman–Crippen MR) is 115 cm³/mol. The lowest BCUT2D eigenvalue weighted by Gasteiger charge is -2.30. The maximum Gasteiger partial charge on any atom is 0.191 e. The number of thioether (sulfide) groups is 1. The maximum atomic E-state index is 12.0. The number of halogens is 1. The van der Waals surface area contributed by atoms with Crippen molar-refractivity contribution >= 4 is 52.5 Å². The van der Waals surface area contributed by atoms with Crippen LogP contribution in [0.25, 0.3) is 0 Å². The first kappa shape index (κ1) is 21.5. The highest BCUT2D eigenvalue weighted by Gasteiger charge is 2.26. The van der Waals surface area contributed by atoms with Crippen molar-refractivity contribution in [2.75, 3.05) is 30.9 Å². The van der Waals surface area contributed by atoms with Gasteiger partial charge in [-0.25, -0.2) is 0 Å². The Hall–Kier alpha value is 0.500. The van der Waals surface area contributed by atoms with E-state index in [1.807, 2.05) is 14.0 Å². The molecule has 136 valence electrons. The zero-order valence-electron chi connectivity index (χ0n) is 14.4. The number of hydrogen-bond acceptors (Lipinski definition) is 3. The summed E-state index contributed by atoms with van der Waals surface area (Å²) >= 11 is 2.07. The Balaban J connectivity index is 0.00000264. The van der Waals surface area contributed by atoms with E-state index in [4.69, 9.17) is 0 Å². The molecule has 0 radical (unpaired) electrons. The Morgan fingerprint density at radius 1 is 1.26 bits per heavy atom. The van der Waals surface area contributed by atoms with Gasteiger partial charge in [0.25, 0.3) is 0 Å². The Labute approximate surface area is 165 Å². The predicted octanol–water partition coefficient (Wildman–Crippen LogP) is 2.99. The quantitative estimate of drug-likeness (QED) is 0.366. The molecule has 1 heterocycles. The van der Waals surface area contributed by atoms with Crippen molar-refractivity contribution in [3.8, 4) is 0 Å². The molecule has 0 aromatic carbocycles. The van der Waals surface area contributed by atoms with Gasteiger partial charge in [-0.1, -0.05) is 13.3 Å². The third kappa shape index (κ3) is 7.50. The van der Waals surface area contributed by atoms with Gasteiger partial charge in [0.15, 0.2) is 5.96 Å². The van der Waals surface area contributed by atoms with E-state index >= 15 is 0 Å². The highest BCUT2D eigenvalue weighted by molar-refractivity contribution is 14.0. The summed E-state index contributed by atoms with van der Waals surface area (Å²) in [6.45, 7) is 3.05. The van der Waals surface area contributed by atoms with Crippen LogP contribution >= 0.6 is 35.7 Å². The first-order valence-corrected chi connectivity index (χ1v) is 11.2. The summed E-state index contributed by atoms with van der Waals surface area (Å²) < 4.78 is 12.0. The molecule has 0 bridgehead atoms. The van der Waals surface area contributed by atoms with E-state index in [2.05, 4.69) is 27.4 Å². The SMILES string of the molecule is CCS(=O)C1CCCC(NC(=NC)NCC2CCSCC2)C1.I. The molecule has 2 N–H and O–H groups in total. The topological polar surface area (TPSA) is 53.5 Å². The molecule has 2 rings (SSSR count). The summed E-state index contributed by atoms with van der Waals surface area (Å²) in [5, 5.41) is 7.42. The lowest BCUT2D eigenvalue weighted by atomic mass is 9.95. The molecule has 1 saturated heterocycles. The minimum absolute atomic E-state index is 0. The van der Waals surface area contributed by atoms with Crippen LogP contribution in [0.2, 0.25) is 0 Å². The van der Waals surface area contributed by atoms with Crippen LogP contribution in [0, 0.1) is 5.92 Å². The Bertz CT molecular complexity index is 390. The Kier molecular flexibility index (Phi) is 11.2. The monoisotopic (exact) mass is 473 g/mol. The van der Waals surface area contributed by atoms with Crippen molar-refractivity contribution in [2.45, 2.75) is 56.7 Å². The van der Waals surface area contributed by atoms with Gasteiger partial charge in [-0.05, 0) is 49.5 Å². The Morgan fingerprint density at radius 3 is 2.65 bits per heavy atom. The standard InChI is InChI=1S/C16H31N3OS2.HI/c1-3-22(20)15-6-4-5-14(11-15)19-16(17-2)18-12-13-7-9-21-10-8-13;/h13-15H,3-12H2,1-2H3,(H2,17,18,19);1H. The van der Waals surface area contributed by atoms with Crippen LogP contribution < -0.4 is 10.6 Å². The highest BCUT2D eigenvalue weighted by Crippen LogP contribution is 2.23. The summed E-state index contributed by atoms with van der Waals surface area (Å²) in [5.41, 5.74) is 0.